The molecule has 3 aromatic rings. The van der Waals surface area contributed by atoms with Crippen LogP contribution >= 0.6 is 11.6 Å². The predicted octanol–water partition coefficient (Wildman–Crippen LogP) is 5.85. The Morgan fingerprint density at radius 2 is 1.89 bits per heavy atom. The lowest BCUT2D eigenvalue weighted by Gasteiger charge is -2.34. The van der Waals surface area contributed by atoms with Crippen molar-refractivity contribution in [3.63, 3.8) is 0 Å². The molecule has 240 valence electrons. The molecule has 4 amide bonds. The van der Waals surface area contributed by atoms with Crippen molar-refractivity contribution in [2.24, 2.45) is 0 Å². The molecular weight excluding hydrogens is 615 g/mol. The Morgan fingerprint density at radius 3 is 2.60 bits per heavy atom. The number of alkyl halides is 3. The lowest BCUT2D eigenvalue weighted by atomic mass is 10.1. The second-order valence-electron chi connectivity index (χ2n) is 11.4. The van der Waals surface area contributed by atoms with Crippen LogP contribution in [0.2, 0.25) is 5.02 Å². The summed E-state index contributed by atoms with van der Waals surface area (Å²) >= 11 is 5.63. The van der Waals surface area contributed by atoms with Crippen molar-refractivity contribution in [2.45, 2.75) is 58.0 Å². The van der Waals surface area contributed by atoms with E-state index < -0.39 is 40.4 Å². The number of nitrogens with one attached hydrogen (secondary N) is 3. The van der Waals surface area contributed by atoms with Gasteiger partial charge in [-0.2, -0.15) is 13.2 Å². The maximum Gasteiger partial charge on any atom is 0.417 e. The number of likely N-dealkylation sites (tertiary alicyclic amines) is 1. The number of anilines is 2. The van der Waals surface area contributed by atoms with Crippen LogP contribution in [0.5, 0.6) is 0 Å². The number of rotatable bonds is 6. The van der Waals surface area contributed by atoms with Gasteiger partial charge in [-0.15, -0.1) is 0 Å². The Balaban J connectivity index is 1.39. The lowest BCUT2D eigenvalue weighted by Crippen LogP contribution is -2.50. The average Bonchev–Trinajstić information content (AvgIpc) is 2.96. The van der Waals surface area contributed by atoms with E-state index in [4.69, 9.17) is 22.1 Å². The summed E-state index contributed by atoms with van der Waals surface area (Å²) in [7, 11) is 0. The van der Waals surface area contributed by atoms with Crippen molar-refractivity contribution in [1.29, 1.82) is 0 Å². The van der Waals surface area contributed by atoms with Gasteiger partial charge in [0.05, 0.1) is 22.5 Å². The van der Waals surface area contributed by atoms with Gasteiger partial charge in [0.1, 0.15) is 5.60 Å². The molecule has 0 unspecified atom stereocenters. The third kappa shape index (κ3) is 9.20. The van der Waals surface area contributed by atoms with Crippen molar-refractivity contribution in [3.8, 4) is 11.3 Å². The van der Waals surface area contributed by atoms with Gasteiger partial charge in [-0.25, -0.2) is 19.6 Å². The Morgan fingerprint density at radius 1 is 1.13 bits per heavy atom. The highest BCUT2D eigenvalue weighted by molar-refractivity contribution is 6.31. The molecule has 15 heteroatoms. The van der Waals surface area contributed by atoms with E-state index in [1.165, 1.54) is 12.3 Å². The van der Waals surface area contributed by atoms with Gasteiger partial charge in [-0.3, -0.25) is 4.79 Å². The fourth-order valence-electron chi connectivity index (χ4n) is 4.56. The van der Waals surface area contributed by atoms with Crippen molar-refractivity contribution < 1.29 is 32.3 Å². The Kier molecular flexibility index (Phi) is 10.1. The molecule has 1 fully saturated rings. The van der Waals surface area contributed by atoms with Gasteiger partial charge in [-0.05, 0) is 63.4 Å². The number of nitrogens with two attached hydrogens (primary N) is 1. The summed E-state index contributed by atoms with van der Waals surface area (Å²) in [4.78, 5) is 48.2. The van der Waals surface area contributed by atoms with Crippen LogP contribution in [0.15, 0.2) is 48.7 Å². The SMILES string of the molecule is CC(C)(C)OC(=O)N1CCC[C@H](NC(=O)c2nc(-c3cccc(CNC(=O)Nc4ccc(Cl)c(C(F)(F)F)c4)c3)cnc2N)C1. The fourth-order valence-corrected chi connectivity index (χ4v) is 4.79. The molecule has 0 radical (unpaired) electrons. The van der Waals surface area contributed by atoms with E-state index in [2.05, 4.69) is 25.9 Å². The predicted molar refractivity (Wildman–Crippen MR) is 162 cm³/mol. The van der Waals surface area contributed by atoms with E-state index in [-0.39, 0.29) is 36.3 Å². The molecule has 1 aliphatic rings. The number of aromatic nitrogens is 2. The van der Waals surface area contributed by atoms with E-state index in [1.54, 1.807) is 49.9 Å². The first-order chi connectivity index (χ1) is 21.1. The molecule has 1 aliphatic heterocycles. The summed E-state index contributed by atoms with van der Waals surface area (Å²) in [6.07, 6.45) is -2.37. The number of nitrogen functional groups attached to an aromatic ring is 1. The molecule has 5 N–H and O–H groups in total. The highest BCUT2D eigenvalue weighted by atomic mass is 35.5. The number of hydrogen-bond acceptors (Lipinski definition) is 7. The monoisotopic (exact) mass is 647 g/mol. The lowest BCUT2D eigenvalue weighted by molar-refractivity contribution is -0.137. The summed E-state index contributed by atoms with van der Waals surface area (Å²) in [5.41, 5.74) is 5.71. The van der Waals surface area contributed by atoms with Crippen molar-refractivity contribution in [1.82, 2.24) is 25.5 Å². The summed E-state index contributed by atoms with van der Waals surface area (Å²) < 4.78 is 44.8. The molecule has 1 aromatic heterocycles. The number of hydrogen-bond donors (Lipinski definition) is 4. The van der Waals surface area contributed by atoms with Crippen molar-refractivity contribution in [3.05, 3.63) is 70.5 Å². The molecular formula is C30H33ClF3N7O4. The number of carbonyl (C=O) groups excluding carboxylic acids is 3. The van der Waals surface area contributed by atoms with Gasteiger partial charge in [-0.1, -0.05) is 29.8 Å². The normalized spacial score (nSPS) is 15.3. The van der Waals surface area contributed by atoms with Crippen LogP contribution in [0.1, 0.15) is 55.2 Å². The smallest absolute Gasteiger partial charge is 0.417 e. The summed E-state index contributed by atoms with van der Waals surface area (Å²) in [6, 6.07) is 8.89. The van der Waals surface area contributed by atoms with Crippen LogP contribution in [-0.2, 0) is 17.5 Å². The minimum Gasteiger partial charge on any atom is -0.444 e. The standard InChI is InChI=1S/C30H33ClF3N7O4/c1-29(2,3)45-28(44)41-11-5-8-20(16-41)38-26(42)24-25(35)36-15-23(40-24)18-7-4-6-17(12-18)14-37-27(43)39-19-9-10-22(31)21(13-19)30(32,33)34/h4,6-7,9-10,12-13,15,20H,5,8,11,14,16H2,1-3H3,(H2,35,36)(H,38,42)(H2,37,39,43)/t20-/m0/s1. The number of halogens is 4. The maximum absolute atomic E-state index is 13.2. The summed E-state index contributed by atoms with van der Waals surface area (Å²) in [5.74, 6) is -0.607. The molecule has 0 aliphatic carbocycles. The van der Waals surface area contributed by atoms with Crippen LogP contribution < -0.4 is 21.7 Å². The molecule has 1 saturated heterocycles. The third-order valence-electron chi connectivity index (χ3n) is 6.63. The summed E-state index contributed by atoms with van der Waals surface area (Å²) in [5, 5.41) is 7.35. The molecule has 0 bridgehead atoms. The molecule has 45 heavy (non-hydrogen) atoms. The molecule has 0 spiro atoms. The zero-order valence-corrected chi connectivity index (χ0v) is 25.6. The van der Waals surface area contributed by atoms with E-state index in [1.807, 2.05) is 0 Å². The van der Waals surface area contributed by atoms with Gasteiger partial charge in [0.2, 0.25) is 0 Å². The van der Waals surface area contributed by atoms with Crippen LogP contribution in [0.3, 0.4) is 0 Å². The van der Waals surface area contributed by atoms with Gasteiger partial charge in [0.25, 0.3) is 5.91 Å². The van der Waals surface area contributed by atoms with E-state index in [9.17, 15) is 27.6 Å². The third-order valence-corrected chi connectivity index (χ3v) is 6.96. The number of ether oxygens (including phenoxy) is 1. The number of carbonyl (C=O) groups is 3. The number of benzene rings is 2. The first-order valence-corrected chi connectivity index (χ1v) is 14.4. The number of nitrogens with zero attached hydrogens (tertiary/aromatic N) is 3. The number of amides is 4. The van der Waals surface area contributed by atoms with Crippen LogP contribution in [0.4, 0.5) is 34.3 Å². The van der Waals surface area contributed by atoms with Crippen molar-refractivity contribution >= 4 is 41.1 Å². The molecule has 4 rings (SSSR count). The second-order valence-corrected chi connectivity index (χ2v) is 11.8. The average molecular weight is 648 g/mol. The highest BCUT2D eigenvalue weighted by Crippen LogP contribution is 2.36. The molecule has 2 heterocycles. The van der Waals surface area contributed by atoms with E-state index in [0.29, 0.717) is 36.2 Å². The molecule has 1 atom stereocenters. The number of urea groups is 1. The Hall–Kier alpha value is -4.59. The first kappa shape index (κ1) is 33.3. The molecule has 2 aromatic carbocycles. The fraction of sp³-hybridized carbons (Fsp3) is 0.367. The Bertz CT molecular complexity index is 1580. The van der Waals surface area contributed by atoms with Crippen molar-refractivity contribution in [2.75, 3.05) is 24.1 Å². The van der Waals surface area contributed by atoms with E-state index >= 15 is 0 Å². The van der Waals surface area contributed by atoms with Crippen LogP contribution in [-0.4, -0.2) is 57.6 Å². The maximum atomic E-state index is 13.2. The Labute approximate surface area is 262 Å². The number of piperidine rings is 1. The minimum absolute atomic E-state index is 0.0327. The summed E-state index contributed by atoms with van der Waals surface area (Å²) in [6.45, 7) is 6.18. The van der Waals surface area contributed by atoms with E-state index in [0.717, 1.165) is 12.1 Å². The molecule has 0 saturated carbocycles. The minimum atomic E-state index is -4.67. The van der Waals surface area contributed by atoms with Gasteiger partial charge < -0.3 is 31.3 Å². The zero-order valence-electron chi connectivity index (χ0n) is 24.8. The highest BCUT2D eigenvalue weighted by Gasteiger charge is 2.33. The van der Waals surface area contributed by atoms with Gasteiger partial charge >= 0.3 is 18.3 Å². The van der Waals surface area contributed by atoms with Crippen LogP contribution in [0.25, 0.3) is 11.3 Å². The molecule has 11 nitrogen and oxygen atoms in total. The first-order valence-electron chi connectivity index (χ1n) is 14.0. The quantitative estimate of drug-likeness (QED) is 0.262. The van der Waals surface area contributed by atoms with Gasteiger partial charge in [0, 0.05) is 36.9 Å². The van der Waals surface area contributed by atoms with Crippen LogP contribution in [0, 0.1) is 0 Å². The van der Waals surface area contributed by atoms with Gasteiger partial charge in [0.15, 0.2) is 11.5 Å². The zero-order chi connectivity index (χ0) is 32.9. The topological polar surface area (TPSA) is 152 Å². The largest absolute Gasteiger partial charge is 0.444 e. The second kappa shape index (κ2) is 13.6.